The fourth-order valence-corrected chi connectivity index (χ4v) is 5.76. The van der Waals surface area contributed by atoms with Gasteiger partial charge in [0.15, 0.2) is 0 Å². The van der Waals surface area contributed by atoms with Crippen molar-refractivity contribution in [2.24, 2.45) is 0 Å². The van der Waals surface area contributed by atoms with Crippen molar-refractivity contribution in [1.29, 1.82) is 0 Å². The lowest BCUT2D eigenvalue weighted by Crippen LogP contribution is -2.52. The highest BCUT2D eigenvalue weighted by Gasteiger charge is 2.34. The van der Waals surface area contributed by atoms with Gasteiger partial charge in [0.2, 0.25) is 11.8 Å². The lowest BCUT2D eigenvalue weighted by atomic mass is 10.1. The number of carbonyl (C=O) groups excluding carboxylic acids is 2. The average molecular weight is 568 g/mol. The van der Waals surface area contributed by atoms with Crippen molar-refractivity contribution in [2.45, 2.75) is 44.7 Å². The molecule has 0 fully saturated rings. The van der Waals surface area contributed by atoms with Gasteiger partial charge in [-0.25, -0.2) is 8.42 Å². The Kier molecular flexibility index (Phi) is 10.6. The number of nitrogens with zero attached hydrogens (tertiary/aromatic N) is 2. The van der Waals surface area contributed by atoms with Gasteiger partial charge in [-0.3, -0.25) is 13.9 Å². The monoisotopic (exact) mass is 567 g/mol. The van der Waals surface area contributed by atoms with Crippen LogP contribution in [0.2, 0.25) is 0 Å². The van der Waals surface area contributed by atoms with Gasteiger partial charge >= 0.3 is 0 Å². The van der Waals surface area contributed by atoms with Gasteiger partial charge in [-0.1, -0.05) is 55.0 Å². The maximum Gasteiger partial charge on any atom is 0.264 e. The Morgan fingerprint density at radius 1 is 0.925 bits per heavy atom. The molecule has 9 nitrogen and oxygen atoms in total. The first kappa shape index (κ1) is 30.5. The molecule has 0 heterocycles. The number of ether oxygens (including phenoxy) is 2. The van der Waals surface area contributed by atoms with Gasteiger partial charge in [0.05, 0.1) is 24.8 Å². The van der Waals surface area contributed by atoms with Gasteiger partial charge in [-0.2, -0.15) is 0 Å². The van der Waals surface area contributed by atoms with Crippen LogP contribution in [0.15, 0.2) is 77.7 Å². The first-order valence-corrected chi connectivity index (χ1v) is 14.5. The van der Waals surface area contributed by atoms with E-state index in [4.69, 9.17) is 9.47 Å². The van der Waals surface area contributed by atoms with Crippen molar-refractivity contribution in [2.75, 3.05) is 31.6 Å². The molecular weight excluding hydrogens is 530 g/mol. The molecule has 0 aromatic heterocycles. The number of aryl methyl sites for hydroxylation is 1. The fraction of sp³-hybridized carbons (Fsp3) is 0.333. The van der Waals surface area contributed by atoms with E-state index in [2.05, 4.69) is 5.32 Å². The molecule has 0 unspecified atom stereocenters. The lowest BCUT2D eigenvalue weighted by Gasteiger charge is -2.33. The van der Waals surface area contributed by atoms with E-state index in [1.807, 2.05) is 38.1 Å². The number of methoxy groups -OCH3 is 2. The molecule has 40 heavy (non-hydrogen) atoms. The average Bonchev–Trinajstić information content (AvgIpc) is 2.96. The highest BCUT2D eigenvalue weighted by molar-refractivity contribution is 7.92. The van der Waals surface area contributed by atoms with Crippen LogP contribution in [0.5, 0.6) is 11.5 Å². The van der Waals surface area contributed by atoms with E-state index in [1.54, 1.807) is 37.3 Å². The van der Waals surface area contributed by atoms with Crippen LogP contribution in [0.3, 0.4) is 0 Å². The molecule has 1 N–H and O–H groups in total. The highest BCUT2D eigenvalue weighted by Crippen LogP contribution is 2.36. The van der Waals surface area contributed by atoms with Crippen molar-refractivity contribution in [3.8, 4) is 11.5 Å². The smallest absolute Gasteiger partial charge is 0.264 e. The fourth-order valence-electron chi connectivity index (χ4n) is 4.33. The maximum absolute atomic E-state index is 14.1. The number of anilines is 1. The number of hydrogen-bond donors (Lipinski definition) is 1. The summed E-state index contributed by atoms with van der Waals surface area (Å²) in [5.41, 5.74) is 2.01. The third kappa shape index (κ3) is 7.12. The third-order valence-corrected chi connectivity index (χ3v) is 8.25. The molecule has 0 bridgehead atoms. The quantitative estimate of drug-likeness (QED) is 0.333. The van der Waals surface area contributed by atoms with Crippen LogP contribution in [-0.4, -0.2) is 58.5 Å². The topological polar surface area (TPSA) is 105 Å². The summed E-state index contributed by atoms with van der Waals surface area (Å²) in [6, 6.07) is 19.4. The van der Waals surface area contributed by atoms with E-state index in [9.17, 15) is 18.0 Å². The van der Waals surface area contributed by atoms with Crippen LogP contribution in [-0.2, 0) is 26.2 Å². The van der Waals surface area contributed by atoms with Crippen LogP contribution in [0.25, 0.3) is 0 Å². The minimum Gasteiger partial charge on any atom is -0.497 e. The Morgan fingerprint density at radius 2 is 1.60 bits per heavy atom. The van der Waals surface area contributed by atoms with Gasteiger partial charge in [-0.05, 0) is 50.1 Å². The Morgan fingerprint density at radius 3 is 2.17 bits per heavy atom. The normalized spacial score (nSPS) is 11.8. The zero-order valence-electron chi connectivity index (χ0n) is 23.6. The molecule has 3 aromatic rings. The van der Waals surface area contributed by atoms with Gasteiger partial charge in [0.1, 0.15) is 24.1 Å². The second kappa shape index (κ2) is 13.8. The van der Waals surface area contributed by atoms with Gasteiger partial charge in [0, 0.05) is 19.2 Å². The summed E-state index contributed by atoms with van der Waals surface area (Å²) in [4.78, 5) is 28.6. The molecule has 3 rings (SSSR count). The van der Waals surface area contributed by atoms with Crippen molar-refractivity contribution in [3.63, 3.8) is 0 Å². The minimum absolute atomic E-state index is 0.00789. The molecule has 2 amide bonds. The molecule has 0 aliphatic carbocycles. The molecule has 0 saturated heterocycles. The van der Waals surface area contributed by atoms with Crippen LogP contribution in [0.4, 0.5) is 5.69 Å². The minimum atomic E-state index is -4.23. The van der Waals surface area contributed by atoms with E-state index in [-0.39, 0.29) is 28.8 Å². The molecule has 0 aliphatic heterocycles. The maximum atomic E-state index is 14.1. The van der Waals surface area contributed by atoms with Gasteiger partial charge < -0.3 is 19.7 Å². The molecule has 10 heteroatoms. The molecule has 1 atom stereocenters. The van der Waals surface area contributed by atoms with Gasteiger partial charge in [-0.15, -0.1) is 0 Å². The Labute approximate surface area is 236 Å². The summed E-state index contributed by atoms with van der Waals surface area (Å²) in [6.45, 7) is 5.55. The Hall–Kier alpha value is -4.05. The predicted octanol–water partition coefficient (Wildman–Crippen LogP) is 4.15. The zero-order chi connectivity index (χ0) is 29.3. The summed E-state index contributed by atoms with van der Waals surface area (Å²) < 4.78 is 39.9. The van der Waals surface area contributed by atoms with Crippen LogP contribution in [0, 0.1) is 6.92 Å². The number of nitrogens with one attached hydrogen (secondary N) is 1. The van der Waals surface area contributed by atoms with E-state index in [0.29, 0.717) is 18.7 Å². The van der Waals surface area contributed by atoms with Crippen molar-refractivity contribution in [3.05, 3.63) is 83.9 Å². The molecule has 0 saturated carbocycles. The largest absolute Gasteiger partial charge is 0.497 e. The number of carbonyl (C=O) groups is 2. The number of hydrogen-bond acceptors (Lipinski definition) is 6. The number of rotatable bonds is 13. The van der Waals surface area contributed by atoms with E-state index in [1.165, 1.54) is 37.3 Å². The van der Waals surface area contributed by atoms with E-state index < -0.39 is 28.5 Å². The molecule has 214 valence electrons. The van der Waals surface area contributed by atoms with Crippen molar-refractivity contribution in [1.82, 2.24) is 10.2 Å². The summed E-state index contributed by atoms with van der Waals surface area (Å²) in [5, 5.41) is 2.80. The molecular formula is C30H37N3O6S. The summed E-state index contributed by atoms with van der Waals surface area (Å²) in [6.07, 6.45) is 0.345. The molecule has 3 aromatic carbocycles. The van der Waals surface area contributed by atoms with Crippen LogP contribution < -0.4 is 19.1 Å². The first-order valence-electron chi connectivity index (χ1n) is 13.1. The lowest BCUT2D eigenvalue weighted by molar-refractivity contribution is -0.140. The summed E-state index contributed by atoms with van der Waals surface area (Å²) in [7, 11) is -1.34. The zero-order valence-corrected chi connectivity index (χ0v) is 24.4. The first-order chi connectivity index (χ1) is 19.2. The summed E-state index contributed by atoms with van der Waals surface area (Å²) in [5.74, 6) is -0.208. The van der Waals surface area contributed by atoms with Crippen LogP contribution >= 0.6 is 0 Å². The second-order valence-electron chi connectivity index (χ2n) is 9.19. The van der Waals surface area contributed by atoms with E-state index in [0.717, 1.165) is 15.4 Å². The van der Waals surface area contributed by atoms with Crippen molar-refractivity contribution >= 4 is 27.5 Å². The molecule has 0 radical (unpaired) electrons. The highest BCUT2D eigenvalue weighted by atomic mass is 32.2. The standard InChI is InChI=1S/C30H37N3O6S/c1-6-26(30(35)31-7-2)32(20-23-15-13-22(3)14-16-23)29(34)21-33(40(36,37)25-11-9-8-10-12-25)27-19-24(38-4)17-18-28(27)39-5/h8-19,26H,6-7,20-21H2,1-5H3,(H,31,35)/t26-/m0/s1. The molecule has 0 spiro atoms. The molecule has 0 aliphatic rings. The summed E-state index contributed by atoms with van der Waals surface area (Å²) >= 11 is 0. The Balaban J connectivity index is 2.13. The number of amides is 2. The van der Waals surface area contributed by atoms with E-state index >= 15 is 0 Å². The predicted molar refractivity (Wildman–Crippen MR) is 155 cm³/mol. The van der Waals surface area contributed by atoms with Crippen molar-refractivity contribution < 1.29 is 27.5 Å². The van der Waals surface area contributed by atoms with Gasteiger partial charge in [0.25, 0.3) is 10.0 Å². The SMILES string of the molecule is CCNC(=O)[C@H](CC)N(Cc1ccc(C)cc1)C(=O)CN(c1cc(OC)ccc1OC)S(=O)(=O)c1ccccc1. The Bertz CT molecular complexity index is 1390. The number of benzene rings is 3. The number of likely N-dealkylation sites (N-methyl/N-ethyl adjacent to an activating group) is 1. The van der Waals surface area contributed by atoms with Crippen LogP contribution in [0.1, 0.15) is 31.4 Å². The second-order valence-corrected chi connectivity index (χ2v) is 11.1. The third-order valence-electron chi connectivity index (χ3n) is 6.48. The number of sulfonamides is 1.